The lowest BCUT2D eigenvalue weighted by molar-refractivity contribution is -0.134. The van der Waals surface area contributed by atoms with E-state index in [2.05, 4.69) is 22.5 Å². The number of hydrogen-bond donors (Lipinski definition) is 2. The Bertz CT molecular complexity index is 306. The van der Waals surface area contributed by atoms with Gasteiger partial charge in [0.2, 0.25) is 5.91 Å². The number of hydrogen-bond acceptors (Lipinski definition) is 3. The average molecular weight is 251 g/mol. The maximum Gasteiger partial charge on any atom is 0.239 e. The maximum absolute atomic E-state index is 12.5. The van der Waals surface area contributed by atoms with Gasteiger partial charge in [0.05, 0.1) is 6.04 Å². The van der Waals surface area contributed by atoms with Crippen molar-refractivity contribution in [2.24, 2.45) is 5.92 Å². The van der Waals surface area contributed by atoms with Gasteiger partial charge in [-0.15, -0.1) is 0 Å². The van der Waals surface area contributed by atoms with E-state index in [1.807, 2.05) is 0 Å². The van der Waals surface area contributed by atoms with Crippen molar-refractivity contribution in [2.45, 2.75) is 57.2 Å². The Kier molecular flexibility index (Phi) is 3.57. The summed E-state index contributed by atoms with van der Waals surface area (Å²) in [6.07, 6.45) is 6.35. The molecule has 0 aromatic rings. The number of carbonyl (C=O) groups excluding carboxylic acids is 1. The van der Waals surface area contributed by atoms with Gasteiger partial charge in [-0.2, -0.15) is 0 Å². The third kappa shape index (κ3) is 2.41. The lowest BCUT2D eigenvalue weighted by atomic mass is 9.85. The predicted molar refractivity (Wildman–Crippen MR) is 71.3 cm³/mol. The van der Waals surface area contributed by atoms with Gasteiger partial charge in [0.25, 0.3) is 0 Å². The Hall–Kier alpha value is -0.610. The SMILES string of the molecule is CC1CN(C(=O)C2CC3CCCCC3N2)CCN1. The fourth-order valence-corrected chi connectivity index (χ4v) is 3.86. The minimum Gasteiger partial charge on any atom is -0.339 e. The van der Waals surface area contributed by atoms with Crippen LogP contribution in [0.1, 0.15) is 39.0 Å². The molecule has 1 amide bonds. The summed E-state index contributed by atoms with van der Waals surface area (Å²) in [6, 6.07) is 1.16. The number of nitrogens with zero attached hydrogens (tertiary/aromatic N) is 1. The second kappa shape index (κ2) is 5.17. The highest BCUT2D eigenvalue weighted by Gasteiger charge is 2.40. The van der Waals surface area contributed by atoms with E-state index in [0.717, 1.165) is 32.0 Å². The average Bonchev–Trinajstić information content (AvgIpc) is 2.81. The van der Waals surface area contributed by atoms with Gasteiger partial charge in [0.15, 0.2) is 0 Å². The van der Waals surface area contributed by atoms with Crippen molar-refractivity contribution in [1.29, 1.82) is 0 Å². The molecule has 3 rings (SSSR count). The summed E-state index contributed by atoms with van der Waals surface area (Å²) in [5.74, 6) is 1.10. The second-order valence-corrected chi connectivity index (χ2v) is 6.25. The summed E-state index contributed by atoms with van der Waals surface area (Å²) in [6.45, 7) is 4.83. The maximum atomic E-state index is 12.5. The molecule has 102 valence electrons. The molecule has 0 aromatic heterocycles. The monoisotopic (exact) mass is 251 g/mol. The molecule has 4 unspecified atom stereocenters. The van der Waals surface area contributed by atoms with Gasteiger partial charge in [0, 0.05) is 31.7 Å². The number of amides is 1. The first-order valence-corrected chi connectivity index (χ1v) is 7.52. The predicted octanol–water partition coefficient (Wildman–Crippen LogP) is 0.727. The molecule has 2 N–H and O–H groups in total. The van der Waals surface area contributed by atoms with Gasteiger partial charge in [0.1, 0.15) is 0 Å². The van der Waals surface area contributed by atoms with E-state index >= 15 is 0 Å². The number of piperazine rings is 1. The zero-order valence-electron chi connectivity index (χ0n) is 11.3. The molecule has 18 heavy (non-hydrogen) atoms. The molecule has 0 spiro atoms. The van der Waals surface area contributed by atoms with Crippen molar-refractivity contribution in [3.05, 3.63) is 0 Å². The van der Waals surface area contributed by atoms with Gasteiger partial charge in [-0.25, -0.2) is 0 Å². The first kappa shape index (κ1) is 12.4. The molecule has 2 saturated heterocycles. The minimum atomic E-state index is 0.100. The molecule has 1 aliphatic carbocycles. The standard InChI is InChI=1S/C14H25N3O/c1-10-9-17(7-6-15-10)14(18)13-8-11-4-2-3-5-12(11)16-13/h10-13,15-16H,2-9H2,1H3. The summed E-state index contributed by atoms with van der Waals surface area (Å²) >= 11 is 0. The van der Waals surface area contributed by atoms with Crippen molar-refractivity contribution in [3.63, 3.8) is 0 Å². The van der Waals surface area contributed by atoms with Crippen LogP contribution >= 0.6 is 0 Å². The van der Waals surface area contributed by atoms with Crippen LogP contribution in [0.3, 0.4) is 0 Å². The Labute approximate surface area is 109 Å². The number of carbonyl (C=O) groups is 1. The zero-order chi connectivity index (χ0) is 12.5. The summed E-state index contributed by atoms with van der Waals surface area (Å²) in [5, 5.41) is 6.99. The van der Waals surface area contributed by atoms with E-state index in [4.69, 9.17) is 0 Å². The Morgan fingerprint density at radius 2 is 2.11 bits per heavy atom. The smallest absolute Gasteiger partial charge is 0.239 e. The molecule has 3 aliphatic rings. The minimum absolute atomic E-state index is 0.100. The van der Waals surface area contributed by atoms with E-state index < -0.39 is 0 Å². The highest BCUT2D eigenvalue weighted by atomic mass is 16.2. The molecule has 4 atom stereocenters. The van der Waals surface area contributed by atoms with Crippen molar-refractivity contribution in [1.82, 2.24) is 15.5 Å². The van der Waals surface area contributed by atoms with Crippen LogP contribution in [0, 0.1) is 5.92 Å². The molecule has 0 radical (unpaired) electrons. The van der Waals surface area contributed by atoms with Gasteiger partial charge in [-0.1, -0.05) is 12.8 Å². The van der Waals surface area contributed by atoms with Crippen LogP contribution in [0.4, 0.5) is 0 Å². The fourth-order valence-electron chi connectivity index (χ4n) is 3.86. The molecular weight excluding hydrogens is 226 g/mol. The van der Waals surface area contributed by atoms with Gasteiger partial charge in [-0.05, 0) is 32.1 Å². The van der Waals surface area contributed by atoms with Crippen molar-refractivity contribution in [3.8, 4) is 0 Å². The van der Waals surface area contributed by atoms with Gasteiger partial charge >= 0.3 is 0 Å². The molecule has 0 bridgehead atoms. The van der Waals surface area contributed by atoms with Crippen LogP contribution in [0.25, 0.3) is 0 Å². The number of rotatable bonds is 1. The first-order valence-electron chi connectivity index (χ1n) is 7.52. The topological polar surface area (TPSA) is 44.4 Å². The van der Waals surface area contributed by atoms with E-state index in [1.54, 1.807) is 0 Å². The van der Waals surface area contributed by atoms with Crippen molar-refractivity contribution >= 4 is 5.91 Å². The molecular formula is C14H25N3O. The third-order valence-corrected chi connectivity index (χ3v) is 4.84. The van der Waals surface area contributed by atoms with Crippen molar-refractivity contribution < 1.29 is 4.79 Å². The third-order valence-electron chi connectivity index (χ3n) is 4.84. The Morgan fingerprint density at radius 1 is 1.28 bits per heavy atom. The number of nitrogens with one attached hydrogen (secondary N) is 2. The summed E-state index contributed by atoms with van der Waals surface area (Å²) in [7, 11) is 0. The van der Waals surface area contributed by atoms with E-state index in [9.17, 15) is 4.79 Å². The van der Waals surface area contributed by atoms with Crippen LogP contribution in [0.15, 0.2) is 0 Å². The molecule has 2 heterocycles. The van der Waals surface area contributed by atoms with Crippen LogP contribution in [-0.2, 0) is 4.79 Å². The van der Waals surface area contributed by atoms with E-state index in [1.165, 1.54) is 25.7 Å². The lowest BCUT2D eigenvalue weighted by Crippen LogP contribution is -2.55. The highest BCUT2D eigenvalue weighted by molar-refractivity contribution is 5.82. The summed E-state index contributed by atoms with van der Waals surface area (Å²) in [4.78, 5) is 14.6. The summed E-state index contributed by atoms with van der Waals surface area (Å²) in [5.41, 5.74) is 0. The first-order chi connectivity index (χ1) is 8.74. The fraction of sp³-hybridized carbons (Fsp3) is 0.929. The van der Waals surface area contributed by atoms with Crippen LogP contribution < -0.4 is 10.6 Å². The number of fused-ring (bicyclic) bond motifs is 1. The molecule has 1 saturated carbocycles. The Morgan fingerprint density at radius 3 is 2.89 bits per heavy atom. The molecule has 4 nitrogen and oxygen atoms in total. The summed E-state index contributed by atoms with van der Waals surface area (Å²) < 4.78 is 0. The van der Waals surface area contributed by atoms with Crippen LogP contribution in [0.2, 0.25) is 0 Å². The van der Waals surface area contributed by atoms with Crippen LogP contribution in [-0.4, -0.2) is 48.6 Å². The lowest BCUT2D eigenvalue weighted by Gasteiger charge is -2.33. The molecule has 4 heteroatoms. The second-order valence-electron chi connectivity index (χ2n) is 6.25. The highest BCUT2D eigenvalue weighted by Crippen LogP contribution is 2.33. The largest absolute Gasteiger partial charge is 0.339 e. The quantitative estimate of drug-likeness (QED) is 0.722. The zero-order valence-corrected chi connectivity index (χ0v) is 11.3. The Balaban J connectivity index is 1.59. The molecule has 2 aliphatic heterocycles. The molecule has 3 fully saturated rings. The van der Waals surface area contributed by atoms with Crippen molar-refractivity contribution in [2.75, 3.05) is 19.6 Å². The van der Waals surface area contributed by atoms with E-state index in [-0.39, 0.29) is 6.04 Å². The van der Waals surface area contributed by atoms with E-state index in [0.29, 0.717) is 18.0 Å². The van der Waals surface area contributed by atoms with Gasteiger partial charge in [-0.3, -0.25) is 4.79 Å². The van der Waals surface area contributed by atoms with Gasteiger partial charge < -0.3 is 15.5 Å². The molecule has 0 aromatic carbocycles. The normalized spacial score (nSPS) is 40.6. The van der Waals surface area contributed by atoms with Crippen LogP contribution in [0.5, 0.6) is 0 Å².